The van der Waals surface area contributed by atoms with Gasteiger partial charge < -0.3 is 9.84 Å². The summed E-state index contributed by atoms with van der Waals surface area (Å²) in [4.78, 5) is 27.2. The molecule has 0 aromatic carbocycles. The molecule has 0 bridgehead atoms. The molecule has 1 aromatic heterocycles. The normalized spacial score (nSPS) is 12.1. The number of nitrogens with zero attached hydrogens (tertiary/aromatic N) is 1. The van der Waals surface area contributed by atoms with Crippen LogP contribution in [0.5, 0.6) is 0 Å². The van der Waals surface area contributed by atoms with E-state index in [9.17, 15) is 14.7 Å². The second kappa shape index (κ2) is 8.67. The van der Waals surface area contributed by atoms with Gasteiger partial charge in [-0.3, -0.25) is 5.32 Å². The summed E-state index contributed by atoms with van der Waals surface area (Å²) in [5.74, 6) is -1.02. The van der Waals surface area contributed by atoms with E-state index in [2.05, 4.69) is 17.2 Å². The third-order valence-electron chi connectivity index (χ3n) is 2.77. The zero-order chi connectivity index (χ0) is 17.5. The van der Waals surface area contributed by atoms with E-state index in [1.807, 2.05) is 0 Å². The number of hydrogen-bond acceptors (Lipinski definition) is 5. The molecule has 0 fully saturated rings. The standard InChI is InChI=1S/C16H24N2O4S/c1-5-6-7-8-9-11(13(19)20)12-10-23-14(17-12)18-15(21)22-16(2,3)4/h9-10H,5-8H2,1-4H3,(H,19,20)(H,17,18,21)/b11-9-. The van der Waals surface area contributed by atoms with Crippen LogP contribution in [0.2, 0.25) is 0 Å². The van der Waals surface area contributed by atoms with E-state index in [4.69, 9.17) is 4.74 Å². The molecule has 0 aliphatic rings. The Labute approximate surface area is 140 Å². The van der Waals surface area contributed by atoms with Gasteiger partial charge in [-0.15, -0.1) is 11.3 Å². The molecule has 1 rings (SSSR count). The summed E-state index contributed by atoms with van der Waals surface area (Å²) in [6.45, 7) is 7.39. The fourth-order valence-electron chi connectivity index (χ4n) is 1.79. The predicted molar refractivity (Wildman–Crippen MR) is 91.7 cm³/mol. The molecule has 0 saturated carbocycles. The maximum Gasteiger partial charge on any atom is 0.413 e. The number of hydrogen-bond donors (Lipinski definition) is 2. The number of aromatic nitrogens is 1. The Balaban J connectivity index is 2.75. The maximum absolute atomic E-state index is 11.7. The number of carboxylic acids is 1. The molecule has 0 unspecified atom stereocenters. The molecule has 128 valence electrons. The number of amides is 1. The molecule has 0 aliphatic carbocycles. The summed E-state index contributed by atoms with van der Waals surface area (Å²) in [7, 11) is 0. The van der Waals surface area contributed by atoms with Crippen LogP contribution in [-0.4, -0.2) is 27.8 Å². The van der Waals surface area contributed by atoms with Crippen LogP contribution >= 0.6 is 11.3 Å². The average molecular weight is 340 g/mol. The number of thiazole rings is 1. The molecule has 2 N–H and O–H groups in total. The summed E-state index contributed by atoms with van der Waals surface area (Å²) in [6.07, 6.45) is 4.86. The lowest BCUT2D eigenvalue weighted by molar-refractivity contribution is -0.130. The summed E-state index contributed by atoms with van der Waals surface area (Å²) in [5.41, 5.74) is -0.0880. The Kier molecular flexibility index (Phi) is 7.22. The molecule has 7 heteroatoms. The van der Waals surface area contributed by atoms with Crippen molar-refractivity contribution in [2.24, 2.45) is 0 Å². The number of allylic oxidation sites excluding steroid dienone is 1. The highest BCUT2D eigenvalue weighted by Crippen LogP contribution is 2.23. The number of carbonyl (C=O) groups excluding carboxylic acids is 1. The Bertz CT molecular complexity index is 573. The molecule has 1 aromatic rings. The van der Waals surface area contributed by atoms with Gasteiger partial charge in [0.15, 0.2) is 5.13 Å². The molecule has 1 amide bonds. The van der Waals surface area contributed by atoms with Crippen molar-refractivity contribution < 1.29 is 19.4 Å². The Hall–Kier alpha value is -1.89. The first-order chi connectivity index (χ1) is 10.7. The van der Waals surface area contributed by atoms with Crippen molar-refractivity contribution in [2.45, 2.75) is 59.0 Å². The molecule has 23 heavy (non-hydrogen) atoms. The van der Waals surface area contributed by atoms with Crippen molar-refractivity contribution in [3.8, 4) is 0 Å². The SMILES string of the molecule is CCCCC/C=C(\C(=O)O)c1csc(NC(=O)OC(C)(C)C)n1. The van der Waals surface area contributed by atoms with Crippen LogP contribution in [0.3, 0.4) is 0 Å². The first kappa shape index (κ1) is 19.2. The lowest BCUT2D eigenvalue weighted by Gasteiger charge is -2.18. The van der Waals surface area contributed by atoms with E-state index in [0.29, 0.717) is 17.2 Å². The van der Waals surface area contributed by atoms with Crippen molar-refractivity contribution in [1.29, 1.82) is 0 Å². The maximum atomic E-state index is 11.7. The van der Waals surface area contributed by atoms with Crippen LogP contribution in [-0.2, 0) is 9.53 Å². The van der Waals surface area contributed by atoms with E-state index in [1.54, 1.807) is 32.2 Å². The number of nitrogens with one attached hydrogen (secondary N) is 1. The number of aliphatic carboxylic acids is 1. The van der Waals surface area contributed by atoms with Gasteiger partial charge in [-0.05, 0) is 33.6 Å². The first-order valence-corrected chi connectivity index (χ1v) is 8.50. The molecule has 6 nitrogen and oxygen atoms in total. The van der Waals surface area contributed by atoms with Gasteiger partial charge >= 0.3 is 12.1 Å². The van der Waals surface area contributed by atoms with Crippen molar-refractivity contribution in [3.05, 3.63) is 17.2 Å². The van der Waals surface area contributed by atoms with Crippen molar-refractivity contribution in [2.75, 3.05) is 5.32 Å². The van der Waals surface area contributed by atoms with Gasteiger partial charge in [-0.1, -0.05) is 25.8 Å². The second-order valence-corrected chi connectivity index (χ2v) is 6.94. The molecular formula is C16H24N2O4S. The highest BCUT2D eigenvalue weighted by atomic mass is 32.1. The number of unbranched alkanes of at least 4 members (excludes halogenated alkanes) is 3. The fourth-order valence-corrected chi connectivity index (χ4v) is 2.48. The van der Waals surface area contributed by atoms with Gasteiger partial charge in [-0.25, -0.2) is 14.6 Å². The Morgan fingerprint density at radius 3 is 2.65 bits per heavy atom. The first-order valence-electron chi connectivity index (χ1n) is 7.62. The lowest BCUT2D eigenvalue weighted by Crippen LogP contribution is -2.27. The van der Waals surface area contributed by atoms with Crippen LogP contribution < -0.4 is 5.32 Å². The fraction of sp³-hybridized carbons (Fsp3) is 0.562. The minimum absolute atomic E-state index is 0.162. The number of anilines is 1. The molecule has 0 aliphatic heterocycles. The van der Waals surface area contributed by atoms with Gasteiger partial charge in [0.05, 0.1) is 11.3 Å². The molecule has 1 heterocycles. The number of rotatable bonds is 7. The van der Waals surface area contributed by atoms with Crippen LogP contribution in [0.4, 0.5) is 9.93 Å². The highest BCUT2D eigenvalue weighted by molar-refractivity contribution is 7.14. The molecule has 0 saturated heterocycles. The third kappa shape index (κ3) is 7.27. The van der Waals surface area contributed by atoms with Gasteiger partial charge in [0.2, 0.25) is 0 Å². The van der Waals surface area contributed by atoms with Crippen molar-refractivity contribution in [3.63, 3.8) is 0 Å². The summed E-state index contributed by atoms with van der Waals surface area (Å²) in [5, 5.41) is 13.8. The minimum Gasteiger partial charge on any atom is -0.478 e. The van der Waals surface area contributed by atoms with E-state index >= 15 is 0 Å². The summed E-state index contributed by atoms with van der Waals surface area (Å²) >= 11 is 1.17. The zero-order valence-electron chi connectivity index (χ0n) is 14.0. The third-order valence-corrected chi connectivity index (χ3v) is 3.53. The quantitative estimate of drug-likeness (QED) is 0.562. The topological polar surface area (TPSA) is 88.5 Å². The van der Waals surface area contributed by atoms with Crippen LogP contribution in [0.25, 0.3) is 5.57 Å². The molecule has 0 spiro atoms. The van der Waals surface area contributed by atoms with Crippen LogP contribution in [0, 0.1) is 0 Å². The number of carbonyl (C=O) groups is 2. The van der Waals surface area contributed by atoms with Crippen LogP contribution in [0.15, 0.2) is 11.5 Å². The van der Waals surface area contributed by atoms with Crippen LogP contribution in [0.1, 0.15) is 59.1 Å². The van der Waals surface area contributed by atoms with Crippen molar-refractivity contribution in [1.82, 2.24) is 4.98 Å². The van der Waals surface area contributed by atoms with E-state index in [-0.39, 0.29) is 5.57 Å². The van der Waals surface area contributed by atoms with E-state index in [0.717, 1.165) is 19.3 Å². The van der Waals surface area contributed by atoms with Gasteiger partial charge in [-0.2, -0.15) is 0 Å². The van der Waals surface area contributed by atoms with Gasteiger partial charge in [0, 0.05) is 5.38 Å². The van der Waals surface area contributed by atoms with Crippen molar-refractivity contribution >= 4 is 34.1 Å². The summed E-state index contributed by atoms with van der Waals surface area (Å²) in [6, 6.07) is 0. The molecule has 0 radical (unpaired) electrons. The largest absolute Gasteiger partial charge is 0.478 e. The smallest absolute Gasteiger partial charge is 0.413 e. The lowest BCUT2D eigenvalue weighted by atomic mass is 10.1. The molecule has 0 atom stereocenters. The predicted octanol–water partition coefficient (Wildman–Crippen LogP) is 4.54. The number of ether oxygens (including phenoxy) is 1. The average Bonchev–Trinajstić information content (AvgIpc) is 2.84. The van der Waals surface area contributed by atoms with Gasteiger partial charge in [0.1, 0.15) is 5.60 Å². The van der Waals surface area contributed by atoms with E-state index < -0.39 is 17.7 Å². The summed E-state index contributed by atoms with van der Waals surface area (Å²) < 4.78 is 5.14. The molecular weight excluding hydrogens is 316 g/mol. The Morgan fingerprint density at radius 2 is 2.09 bits per heavy atom. The highest BCUT2D eigenvalue weighted by Gasteiger charge is 2.19. The van der Waals surface area contributed by atoms with E-state index in [1.165, 1.54) is 11.3 Å². The second-order valence-electron chi connectivity index (χ2n) is 6.08. The Morgan fingerprint density at radius 1 is 1.39 bits per heavy atom. The number of carboxylic acid groups (broad SMARTS) is 1. The zero-order valence-corrected chi connectivity index (χ0v) is 14.8. The minimum atomic E-state index is -1.02. The monoisotopic (exact) mass is 340 g/mol. The van der Waals surface area contributed by atoms with Gasteiger partial charge in [0.25, 0.3) is 0 Å².